The molecule has 9 heteroatoms. The number of fused-ring (bicyclic) bond motifs is 1. The summed E-state index contributed by atoms with van der Waals surface area (Å²) >= 11 is 1.42. The number of aromatic nitrogens is 1. The van der Waals surface area contributed by atoms with Crippen LogP contribution in [0.2, 0.25) is 0 Å². The van der Waals surface area contributed by atoms with Gasteiger partial charge in [0.1, 0.15) is 23.4 Å². The minimum absolute atomic E-state index is 0.145. The van der Waals surface area contributed by atoms with Crippen molar-refractivity contribution in [3.8, 4) is 0 Å². The lowest BCUT2D eigenvalue weighted by molar-refractivity contribution is -0.698. The van der Waals surface area contributed by atoms with Crippen LogP contribution in [0.5, 0.6) is 0 Å². The van der Waals surface area contributed by atoms with E-state index >= 15 is 0 Å². The normalized spacial score (nSPS) is 25.8. The first kappa shape index (κ1) is 19.5. The second-order valence-electron chi connectivity index (χ2n) is 7.40. The molecule has 2 aliphatic heterocycles. The Morgan fingerprint density at radius 1 is 1.34 bits per heavy atom. The summed E-state index contributed by atoms with van der Waals surface area (Å²) in [6, 6.07) is 8.34. The molecule has 2 aliphatic rings. The van der Waals surface area contributed by atoms with Crippen molar-refractivity contribution in [1.82, 2.24) is 4.90 Å². The zero-order chi connectivity index (χ0) is 20.6. The van der Waals surface area contributed by atoms with Crippen LogP contribution in [0.25, 0.3) is 0 Å². The molecule has 8 nitrogen and oxygen atoms in total. The van der Waals surface area contributed by atoms with E-state index in [-0.39, 0.29) is 23.7 Å². The molecule has 152 valence electrons. The second kappa shape index (κ2) is 7.55. The number of furan rings is 1. The number of rotatable bonds is 6. The van der Waals surface area contributed by atoms with E-state index in [2.05, 4.69) is 0 Å². The first-order valence-corrected chi connectivity index (χ1v) is 10.4. The summed E-state index contributed by atoms with van der Waals surface area (Å²) in [5.74, 6) is -0.719. The summed E-state index contributed by atoms with van der Waals surface area (Å²) in [5, 5.41) is 9.68. The number of hydrogen-bond donors (Lipinski definition) is 1. The Balaban J connectivity index is 1.51. The van der Waals surface area contributed by atoms with Crippen molar-refractivity contribution in [1.29, 1.82) is 0 Å². The fourth-order valence-electron chi connectivity index (χ4n) is 3.92. The molecule has 3 atom stereocenters. The molecule has 2 unspecified atom stereocenters. The van der Waals surface area contributed by atoms with Crippen molar-refractivity contribution in [3.63, 3.8) is 0 Å². The molecule has 0 bridgehead atoms. The SMILES string of the molecule is CC(=O)N(c1ccco1)C1C(=O)N2CC(CC[n+]3ccccc3)(C(=O)O)CS[C@H]12. The zero-order valence-corrected chi connectivity index (χ0v) is 16.7. The van der Waals surface area contributed by atoms with Crippen molar-refractivity contribution in [3.05, 3.63) is 49.0 Å². The van der Waals surface area contributed by atoms with Crippen LogP contribution in [0.4, 0.5) is 5.88 Å². The lowest BCUT2D eigenvalue weighted by Crippen LogP contribution is -2.74. The maximum atomic E-state index is 12.9. The van der Waals surface area contributed by atoms with Gasteiger partial charge in [0.25, 0.3) is 0 Å². The highest BCUT2D eigenvalue weighted by atomic mass is 32.2. The number of nitrogens with zero attached hydrogens (tertiary/aromatic N) is 3. The number of carboxylic acids is 1. The topological polar surface area (TPSA) is 94.9 Å². The van der Waals surface area contributed by atoms with Gasteiger partial charge in [-0.25, -0.2) is 4.57 Å². The highest BCUT2D eigenvalue weighted by molar-refractivity contribution is 8.00. The van der Waals surface area contributed by atoms with Crippen LogP contribution in [0.15, 0.2) is 53.4 Å². The summed E-state index contributed by atoms with van der Waals surface area (Å²) in [4.78, 5) is 40.2. The lowest BCUT2D eigenvalue weighted by Gasteiger charge is -2.55. The van der Waals surface area contributed by atoms with Gasteiger partial charge in [0, 0.05) is 43.8 Å². The molecule has 0 aliphatic carbocycles. The van der Waals surface area contributed by atoms with Gasteiger partial charge >= 0.3 is 5.97 Å². The van der Waals surface area contributed by atoms with Crippen molar-refractivity contribution in [2.24, 2.45) is 5.41 Å². The van der Waals surface area contributed by atoms with Crippen LogP contribution < -0.4 is 9.47 Å². The Morgan fingerprint density at radius 2 is 2.10 bits per heavy atom. The predicted molar refractivity (Wildman–Crippen MR) is 105 cm³/mol. The third-order valence-electron chi connectivity index (χ3n) is 5.56. The lowest BCUT2D eigenvalue weighted by atomic mass is 9.83. The van der Waals surface area contributed by atoms with E-state index < -0.39 is 17.4 Å². The van der Waals surface area contributed by atoms with E-state index in [9.17, 15) is 19.5 Å². The van der Waals surface area contributed by atoms with E-state index in [1.165, 1.54) is 29.8 Å². The molecule has 4 heterocycles. The number of pyridine rings is 1. The van der Waals surface area contributed by atoms with Crippen LogP contribution in [-0.4, -0.2) is 51.5 Å². The largest absolute Gasteiger partial charge is 0.481 e. The number of anilines is 1. The van der Waals surface area contributed by atoms with Gasteiger partial charge in [0.15, 0.2) is 12.4 Å². The molecule has 0 spiro atoms. The Hall–Kier alpha value is -2.81. The Bertz CT molecular complexity index is 919. The summed E-state index contributed by atoms with van der Waals surface area (Å²) in [5.41, 5.74) is -1.02. The van der Waals surface area contributed by atoms with Crippen molar-refractivity contribution in [2.45, 2.75) is 31.3 Å². The molecule has 1 N–H and O–H groups in total. The molecule has 0 radical (unpaired) electrons. The fraction of sp³-hybridized carbons (Fsp3) is 0.400. The van der Waals surface area contributed by atoms with Crippen LogP contribution in [-0.2, 0) is 20.9 Å². The first-order chi connectivity index (χ1) is 13.9. The van der Waals surface area contributed by atoms with Gasteiger partial charge in [-0.1, -0.05) is 6.07 Å². The Morgan fingerprint density at radius 3 is 2.72 bits per heavy atom. The summed E-state index contributed by atoms with van der Waals surface area (Å²) < 4.78 is 7.28. The minimum atomic E-state index is -1.02. The monoisotopic (exact) mass is 416 g/mol. The number of aliphatic carboxylic acids is 1. The van der Waals surface area contributed by atoms with Crippen LogP contribution in [0, 0.1) is 5.41 Å². The molecular weight excluding hydrogens is 394 g/mol. The number of carboxylic acid groups (broad SMARTS) is 1. The zero-order valence-electron chi connectivity index (χ0n) is 15.9. The number of amides is 2. The molecule has 2 aromatic heterocycles. The van der Waals surface area contributed by atoms with E-state index in [1.54, 1.807) is 17.0 Å². The molecule has 2 saturated heterocycles. The van der Waals surface area contributed by atoms with Crippen molar-refractivity contribution >= 4 is 35.4 Å². The first-order valence-electron chi connectivity index (χ1n) is 9.36. The van der Waals surface area contributed by atoms with Gasteiger partial charge in [-0.05, 0) is 6.07 Å². The van der Waals surface area contributed by atoms with E-state index in [0.29, 0.717) is 24.6 Å². The highest BCUT2D eigenvalue weighted by Gasteiger charge is 2.59. The number of β-lactam (4-membered cyclic amide) rings is 1. The number of hydrogen-bond acceptors (Lipinski definition) is 5. The van der Waals surface area contributed by atoms with E-state index in [4.69, 9.17) is 4.42 Å². The van der Waals surface area contributed by atoms with E-state index in [1.807, 2.05) is 35.2 Å². The van der Waals surface area contributed by atoms with Crippen LogP contribution in [0.1, 0.15) is 13.3 Å². The minimum Gasteiger partial charge on any atom is -0.481 e. The van der Waals surface area contributed by atoms with Gasteiger partial charge in [-0.3, -0.25) is 19.3 Å². The number of aryl methyl sites for hydroxylation is 1. The molecule has 2 fully saturated rings. The summed E-state index contributed by atoms with van der Waals surface area (Å²) in [6.07, 6.45) is 5.66. The summed E-state index contributed by atoms with van der Waals surface area (Å²) in [6.45, 7) is 2.09. The average Bonchev–Trinajstić information content (AvgIpc) is 3.24. The van der Waals surface area contributed by atoms with Gasteiger partial charge in [0.2, 0.25) is 17.7 Å². The number of carbonyl (C=O) groups is 3. The summed E-state index contributed by atoms with van der Waals surface area (Å²) in [7, 11) is 0. The maximum Gasteiger partial charge on any atom is 0.312 e. The smallest absolute Gasteiger partial charge is 0.312 e. The Kier molecular flexibility index (Phi) is 5.08. The molecule has 29 heavy (non-hydrogen) atoms. The van der Waals surface area contributed by atoms with Gasteiger partial charge in [-0.2, -0.15) is 0 Å². The fourth-order valence-corrected chi connectivity index (χ4v) is 5.55. The molecule has 2 amide bonds. The highest BCUT2D eigenvalue weighted by Crippen LogP contribution is 2.46. The van der Waals surface area contributed by atoms with Crippen molar-refractivity contribution in [2.75, 3.05) is 17.2 Å². The molecular formula is C20H22N3O5S+. The van der Waals surface area contributed by atoms with Gasteiger partial charge in [0.05, 0.1) is 6.26 Å². The average molecular weight is 416 g/mol. The third kappa shape index (κ3) is 3.39. The van der Waals surface area contributed by atoms with Crippen molar-refractivity contribution < 1.29 is 28.5 Å². The van der Waals surface area contributed by atoms with Gasteiger partial charge < -0.3 is 14.4 Å². The predicted octanol–water partition coefficient (Wildman–Crippen LogP) is 1.36. The molecule has 0 aromatic carbocycles. The standard InChI is InChI=1S/C20H21N3O5S/c1-14(24)23(15-6-5-11-28-15)16-17(25)22-12-20(19(26)27,13-29-18(16)22)7-10-21-8-3-2-4-9-21/h2-6,8-9,11,16,18H,7,10,12-13H2,1H3/p+1/t16?,18-,20?/m1/s1. The molecule has 2 aromatic rings. The molecule has 4 rings (SSSR count). The molecule has 0 saturated carbocycles. The van der Waals surface area contributed by atoms with E-state index in [0.717, 1.165) is 0 Å². The number of thioether (sulfide) groups is 1. The quantitative estimate of drug-likeness (QED) is 0.565. The Labute approximate surface area is 172 Å². The number of carbonyl (C=O) groups excluding carboxylic acids is 2. The van der Waals surface area contributed by atoms with Crippen LogP contribution >= 0.6 is 11.8 Å². The van der Waals surface area contributed by atoms with Crippen LogP contribution in [0.3, 0.4) is 0 Å². The second-order valence-corrected chi connectivity index (χ2v) is 8.51. The maximum absolute atomic E-state index is 12.9. The third-order valence-corrected chi connectivity index (χ3v) is 7.13. The van der Waals surface area contributed by atoms with Gasteiger partial charge in [-0.15, -0.1) is 11.8 Å².